The summed E-state index contributed by atoms with van der Waals surface area (Å²) < 4.78 is 1.88. The highest BCUT2D eigenvalue weighted by Gasteiger charge is 2.38. The third kappa shape index (κ3) is 2.86. The van der Waals surface area contributed by atoms with Gasteiger partial charge in [0.25, 0.3) is 0 Å². The average Bonchev–Trinajstić information content (AvgIpc) is 2.63. The molecule has 0 radical (unpaired) electrons. The van der Waals surface area contributed by atoms with Crippen molar-refractivity contribution in [1.82, 2.24) is 15.1 Å². The van der Waals surface area contributed by atoms with Gasteiger partial charge in [-0.05, 0) is 25.3 Å². The van der Waals surface area contributed by atoms with Crippen molar-refractivity contribution in [3.8, 4) is 0 Å². The van der Waals surface area contributed by atoms with E-state index in [9.17, 15) is 0 Å². The zero-order chi connectivity index (χ0) is 12.5. The van der Waals surface area contributed by atoms with Gasteiger partial charge in [-0.2, -0.15) is 5.10 Å². The molecule has 1 saturated carbocycles. The molecule has 1 aliphatic carbocycles. The molecule has 0 aliphatic heterocycles. The number of aromatic nitrogens is 2. The van der Waals surface area contributed by atoms with Gasteiger partial charge < -0.3 is 5.32 Å². The first-order valence-corrected chi connectivity index (χ1v) is 7.23. The predicted molar refractivity (Wildman–Crippen MR) is 73.3 cm³/mol. The van der Waals surface area contributed by atoms with Gasteiger partial charge in [0.1, 0.15) is 0 Å². The first-order valence-electron chi connectivity index (χ1n) is 6.35. The van der Waals surface area contributed by atoms with E-state index in [4.69, 9.17) is 0 Å². The quantitative estimate of drug-likeness (QED) is 0.898. The van der Waals surface area contributed by atoms with E-state index < -0.39 is 0 Å². The average molecular weight is 253 g/mol. The maximum absolute atomic E-state index is 4.24. The van der Waals surface area contributed by atoms with E-state index in [1.165, 1.54) is 24.2 Å². The maximum Gasteiger partial charge on any atom is 0.0625 e. The summed E-state index contributed by atoms with van der Waals surface area (Å²) in [4.78, 5) is 1.29. The fraction of sp³-hybridized carbons (Fsp3) is 0.769. The van der Waals surface area contributed by atoms with Gasteiger partial charge in [-0.3, -0.25) is 4.68 Å². The van der Waals surface area contributed by atoms with E-state index >= 15 is 0 Å². The van der Waals surface area contributed by atoms with Crippen molar-refractivity contribution in [3.63, 3.8) is 0 Å². The van der Waals surface area contributed by atoms with Crippen molar-refractivity contribution in [1.29, 1.82) is 0 Å². The summed E-state index contributed by atoms with van der Waals surface area (Å²) in [6, 6.07) is 0.585. The van der Waals surface area contributed by atoms with E-state index in [0.717, 1.165) is 0 Å². The van der Waals surface area contributed by atoms with Crippen LogP contribution in [0.15, 0.2) is 17.3 Å². The Balaban J connectivity index is 2.08. The molecule has 4 heteroatoms. The van der Waals surface area contributed by atoms with Crippen LogP contribution < -0.4 is 5.32 Å². The number of rotatable bonds is 3. The molecule has 17 heavy (non-hydrogen) atoms. The number of nitrogens with one attached hydrogen (secondary N) is 1. The molecule has 0 spiro atoms. The van der Waals surface area contributed by atoms with Crippen LogP contribution in [0.25, 0.3) is 0 Å². The molecule has 2 atom stereocenters. The molecule has 0 aromatic carbocycles. The fourth-order valence-electron chi connectivity index (χ4n) is 2.92. The number of nitrogens with zero attached hydrogens (tertiary/aromatic N) is 2. The Labute approximate surface area is 108 Å². The maximum atomic E-state index is 4.24. The minimum Gasteiger partial charge on any atom is -0.315 e. The van der Waals surface area contributed by atoms with Crippen molar-refractivity contribution in [2.24, 2.45) is 12.5 Å². The largest absolute Gasteiger partial charge is 0.315 e. The number of hydrogen-bond acceptors (Lipinski definition) is 3. The van der Waals surface area contributed by atoms with Gasteiger partial charge >= 0.3 is 0 Å². The number of hydrogen-bond donors (Lipinski definition) is 1. The van der Waals surface area contributed by atoms with Crippen LogP contribution in [0.5, 0.6) is 0 Å². The van der Waals surface area contributed by atoms with Crippen LogP contribution in [-0.4, -0.2) is 28.1 Å². The Morgan fingerprint density at radius 2 is 2.29 bits per heavy atom. The summed E-state index contributed by atoms with van der Waals surface area (Å²) in [7, 11) is 4.07. The third-order valence-electron chi connectivity index (χ3n) is 3.80. The molecule has 0 saturated heterocycles. The van der Waals surface area contributed by atoms with Crippen LogP contribution in [0, 0.1) is 5.41 Å². The molecule has 96 valence electrons. The van der Waals surface area contributed by atoms with Crippen LogP contribution >= 0.6 is 11.8 Å². The molecule has 1 aliphatic rings. The second-order valence-corrected chi connectivity index (χ2v) is 6.97. The summed E-state index contributed by atoms with van der Waals surface area (Å²) in [6.07, 6.45) is 8.04. The zero-order valence-electron chi connectivity index (χ0n) is 11.2. The van der Waals surface area contributed by atoms with Crippen LogP contribution in [-0.2, 0) is 7.05 Å². The highest BCUT2D eigenvalue weighted by molar-refractivity contribution is 8.00. The molecule has 1 aromatic rings. The zero-order valence-corrected chi connectivity index (χ0v) is 12.0. The highest BCUT2D eigenvalue weighted by Crippen LogP contribution is 2.42. The lowest BCUT2D eigenvalue weighted by Crippen LogP contribution is -2.49. The molecule has 1 N–H and O–H groups in total. The van der Waals surface area contributed by atoms with Crippen molar-refractivity contribution in [2.45, 2.75) is 49.3 Å². The van der Waals surface area contributed by atoms with E-state index in [2.05, 4.69) is 37.5 Å². The SMILES string of the molecule is CNC1C(Sc2cnn(C)c2)CCCC1(C)C. The Kier molecular flexibility index (Phi) is 3.83. The molecular weight excluding hydrogens is 230 g/mol. The minimum atomic E-state index is 0.396. The lowest BCUT2D eigenvalue weighted by atomic mass is 9.73. The molecule has 2 rings (SSSR count). The van der Waals surface area contributed by atoms with Gasteiger partial charge in [0, 0.05) is 29.4 Å². The van der Waals surface area contributed by atoms with Crippen molar-refractivity contribution in [3.05, 3.63) is 12.4 Å². The second kappa shape index (κ2) is 5.02. The Morgan fingerprint density at radius 3 is 2.88 bits per heavy atom. The third-order valence-corrected chi connectivity index (χ3v) is 5.10. The van der Waals surface area contributed by atoms with Crippen molar-refractivity contribution in [2.75, 3.05) is 7.05 Å². The molecule has 1 aromatic heterocycles. The van der Waals surface area contributed by atoms with Gasteiger partial charge in [0.2, 0.25) is 0 Å². The monoisotopic (exact) mass is 253 g/mol. The van der Waals surface area contributed by atoms with Crippen LogP contribution in [0.3, 0.4) is 0 Å². The standard InChI is InChI=1S/C13H23N3S/c1-13(2)7-5-6-11(12(13)14-3)17-10-8-15-16(4)9-10/h8-9,11-12,14H,5-7H2,1-4H3. The van der Waals surface area contributed by atoms with E-state index in [1.807, 2.05) is 29.7 Å². The highest BCUT2D eigenvalue weighted by atomic mass is 32.2. The molecular formula is C13H23N3S. The topological polar surface area (TPSA) is 29.9 Å². The predicted octanol–water partition coefficient (Wildman–Crippen LogP) is 2.68. The fourth-order valence-corrected chi connectivity index (χ4v) is 4.52. The smallest absolute Gasteiger partial charge is 0.0625 e. The lowest BCUT2D eigenvalue weighted by molar-refractivity contribution is 0.182. The summed E-state index contributed by atoms with van der Waals surface area (Å²) >= 11 is 1.97. The summed E-state index contributed by atoms with van der Waals surface area (Å²) in [6.45, 7) is 4.76. The van der Waals surface area contributed by atoms with Crippen LogP contribution in [0.4, 0.5) is 0 Å². The summed E-state index contributed by atoms with van der Waals surface area (Å²) in [5.41, 5.74) is 0.396. The van der Waals surface area contributed by atoms with Gasteiger partial charge in [0.05, 0.1) is 6.20 Å². The van der Waals surface area contributed by atoms with E-state index in [-0.39, 0.29) is 0 Å². The normalized spacial score (nSPS) is 28.2. The molecule has 2 unspecified atom stereocenters. The first-order chi connectivity index (χ1) is 8.03. The van der Waals surface area contributed by atoms with E-state index in [0.29, 0.717) is 16.7 Å². The minimum absolute atomic E-state index is 0.396. The van der Waals surface area contributed by atoms with Crippen molar-refractivity contribution < 1.29 is 0 Å². The van der Waals surface area contributed by atoms with Gasteiger partial charge in [0.15, 0.2) is 0 Å². The van der Waals surface area contributed by atoms with Gasteiger partial charge in [-0.1, -0.05) is 20.3 Å². The number of aryl methyl sites for hydroxylation is 1. The van der Waals surface area contributed by atoms with Gasteiger partial charge in [-0.25, -0.2) is 0 Å². The number of thioether (sulfide) groups is 1. The molecule has 0 bridgehead atoms. The summed E-state index contributed by atoms with van der Waals surface area (Å²) in [5, 5.41) is 8.43. The Hall–Kier alpha value is -0.480. The second-order valence-electron chi connectivity index (χ2n) is 5.65. The molecule has 3 nitrogen and oxygen atoms in total. The Bertz CT molecular complexity index is 372. The first kappa shape index (κ1) is 13.0. The molecule has 0 amide bonds. The molecule has 1 fully saturated rings. The van der Waals surface area contributed by atoms with E-state index in [1.54, 1.807) is 0 Å². The van der Waals surface area contributed by atoms with Crippen LogP contribution in [0.2, 0.25) is 0 Å². The lowest BCUT2D eigenvalue weighted by Gasteiger charge is -2.43. The van der Waals surface area contributed by atoms with Gasteiger partial charge in [-0.15, -0.1) is 11.8 Å². The Morgan fingerprint density at radius 1 is 1.53 bits per heavy atom. The van der Waals surface area contributed by atoms with Crippen LogP contribution in [0.1, 0.15) is 33.1 Å². The molecule has 1 heterocycles. The van der Waals surface area contributed by atoms with Crippen molar-refractivity contribution >= 4 is 11.8 Å². The summed E-state index contributed by atoms with van der Waals surface area (Å²) in [5.74, 6) is 0.